The molecule has 6 nitrogen and oxygen atoms in total. The molecule has 1 aromatic rings. The molecule has 0 aromatic carbocycles. The molecule has 1 aliphatic heterocycles. The van der Waals surface area contributed by atoms with Gasteiger partial charge in [0.05, 0.1) is 23.8 Å². The highest BCUT2D eigenvalue weighted by Crippen LogP contribution is 2.29. The highest BCUT2D eigenvalue weighted by molar-refractivity contribution is 7.91. The van der Waals surface area contributed by atoms with Gasteiger partial charge in [0.1, 0.15) is 5.41 Å². The third-order valence-corrected chi connectivity index (χ3v) is 6.03. The molecule has 1 saturated heterocycles. The molecule has 0 saturated carbocycles. The number of hydrogen-bond donors (Lipinski definition) is 1. The van der Waals surface area contributed by atoms with Gasteiger partial charge in [-0.15, -0.1) is 11.3 Å². The number of carbonyl (C=O) groups is 1. The Kier molecular flexibility index (Phi) is 4.57. The van der Waals surface area contributed by atoms with Crippen molar-refractivity contribution in [2.24, 2.45) is 0 Å². The average Bonchev–Trinajstić information content (AvgIpc) is 2.97. The van der Waals surface area contributed by atoms with Crippen molar-refractivity contribution >= 4 is 32.3 Å². The van der Waals surface area contributed by atoms with Crippen LogP contribution in [0.25, 0.3) is 0 Å². The lowest BCUT2D eigenvalue weighted by atomic mass is 9.90. The first-order chi connectivity index (χ1) is 9.74. The van der Waals surface area contributed by atoms with E-state index in [1.165, 1.54) is 11.3 Å². The fourth-order valence-corrected chi connectivity index (χ4v) is 4.76. The number of hydrogen-bond acceptors (Lipinski definition) is 7. The number of nitrogens with one attached hydrogen (secondary N) is 1. The van der Waals surface area contributed by atoms with Gasteiger partial charge in [-0.05, 0) is 27.2 Å². The van der Waals surface area contributed by atoms with E-state index in [1.807, 2.05) is 5.38 Å². The molecule has 8 heteroatoms. The van der Waals surface area contributed by atoms with Gasteiger partial charge in [-0.2, -0.15) is 0 Å². The van der Waals surface area contributed by atoms with Crippen LogP contribution in [0.5, 0.6) is 0 Å². The number of esters is 1. The molecule has 21 heavy (non-hydrogen) atoms. The van der Waals surface area contributed by atoms with E-state index >= 15 is 0 Å². The lowest BCUT2D eigenvalue weighted by Crippen LogP contribution is -2.31. The molecule has 0 spiro atoms. The van der Waals surface area contributed by atoms with Gasteiger partial charge >= 0.3 is 5.97 Å². The van der Waals surface area contributed by atoms with Crippen LogP contribution in [-0.4, -0.2) is 43.5 Å². The summed E-state index contributed by atoms with van der Waals surface area (Å²) in [6, 6.07) is -0.0975. The SMILES string of the molecule is CCOC(=O)C(C)(C)c1csc(NC2CCS(=O)(=O)C2)n1. The second-order valence-corrected chi connectivity index (χ2v) is 8.71. The maximum Gasteiger partial charge on any atom is 0.317 e. The molecular formula is C13H20N2O4S2. The molecule has 2 rings (SSSR count). The van der Waals surface area contributed by atoms with Crippen LogP contribution in [0, 0.1) is 0 Å². The lowest BCUT2D eigenvalue weighted by molar-refractivity contribution is -0.148. The quantitative estimate of drug-likeness (QED) is 0.824. The van der Waals surface area contributed by atoms with Crippen molar-refractivity contribution in [1.82, 2.24) is 4.98 Å². The number of aromatic nitrogens is 1. The first-order valence-corrected chi connectivity index (χ1v) is 9.55. The summed E-state index contributed by atoms with van der Waals surface area (Å²) in [7, 11) is -2.92. The smallest absolute Gasteiger partial charge is 0.317 e. The predicted molar refractivity (Wildman–Crippen MR) is 82.5 cm³/mol. The van der Waals surface area contributed by atoms with E-state index in [2.05, 4.69) is 10.3 Å². The van der Waals surface area contributed by atoms with Crippen molar-refractivity contribution in [3.63, 3.8) is 0 Å². The number of sulfone groups is 1. The zero-order valence-corrected chi connectivity index (χ0v) is 14.0. The molecular weight excluding hydrogens is 312 g/mol. The number of ether oxygens (including phenoxy) is 1. The van der Waals surface area contributed by atoms with Crippen LogP contribution in [0.1, 0.15) is 32.9 Å². The summed E-state index contributed by atoms with van der Waals surface area (Å²) < 4.78 is 27.9. The van der Waals surface area contributed by atoms with Crippen molar-refractivity contribution in [3.05, 3.63) is 11.1 Å². The molecule has 1 aliphatic rings. The van der Waals surface area contributed by atoms with Crippen LogP contribution in [0.15, 0.2) is 5.38 Å². The van der Waals surface area contributed by atoms with E-state index in [0.717, 1.165) is 0 Å². The van der Waals surface area contributed by atoms with Gasteiger partial charge in [-0.3, -0.25) is 4.79 Å². The van der Waals surface area contributed by atoms with E-state index in [1.54, 1.807) is 20.8 Å². The summed E-state index contributed by atoms with van der Waals surface area (Å²) in [4.78, 5) is 16.4. The molecule has 1 aromatic heterocycles. The normalized spacial score (nSPS) is 21.2. The van der Waals surface area contributed by atoms with Gasteiger partial charge in [0.2, 0.25) is 0 Å². The number of rotatable bonds is 5. The summed E-state index contributed by atoms with van der Waals surface area (Å²) >= 11 is 1.37. The van der Waals surface area contributed by atoms with Gasteiger partial charge < -0.3 is 10.1 Å². The number of nitrogens with zero attached hydrogens (tertiary/aromatic N) is 1. The fraction of sp³-hybridized carbons (Fsp3) is 0.692. The van der Waals surface area contributed by atoms with Crippen molar-refractivity contribution in [2.75, 3.05) is 23.4 Å². The van der Waals surface area contributed by atoms with Gasteiger partial charge in [0, 0.05) is 11.4 Å². The first kappa shape index (κ1) is 16.2. The van der Waals surface area contributed by atoms with E-state index in [9.17, 15) is 13.2 Å². The van der Waals surface area contributed by atoms with Crippen LogP contribution in [0.3, 0.4) is 0 Å². The molecule has 0 amide bonds. The maximum atomic E-state index is 11.9. The second kappa shape index (κ2) is 5.92. The van der Waals surface area contributed by atoms with Crippen molar-refractivity contribution in [1.29, 1.82) is 0 Å². The molecule has 0 bridgehead atoms. The summed E-state index contributed by atoms with van der Waals surface area (Å²) in [5.41, 5.74) is -0.178. The maximum absolute atomic E-state index is 11.9. The largest absolute Gasteiger partial charge is 0.465 e. The lowest BCUT2D eigenvalue weighted by Gasteiger charge is -2.19. The zero-order chi connectivity index (χ0) is 15.7. The number of thiazole rings is 1. The number of carbonyl (C=O) groups excluding carboxylic acids is 1. The Morgan fingerprint density at radius 3 is 2.86 bits per heavy atom. The minimum absolute atomic E-state index is 0.0975. The van der Waals surface area contributed by atoms with E-state index in [0.29, 0.717) is 23.9 Å². The predicted octanol–water partition coefficient (Wildman–Crippen LogP) is 1.58. The summed E-state index contributed by atoms with van der Waals surface area (Å²) in [6.45, 7) is 5.63. The van der Waals surface area contributed by atoms with Crippen LogP contribution in [0.2, 0.25) is 0 Å². The number of anilines is 1. The van der Waals surface area contributed by atoms with Crippen LogP contribution in [0.4, 0.5) is 5.13 Å². The van der Waals surface area contributed by atoms with E-state index in [4.69, 9.17) is 4.74 Å². The Balaban J connectivity index is 2.06. The van der Waals surface area contributed by atoms with Gasteiger partial charge in [-0.25, -0.2) is 13.4 Å². The minimum atomic E-state index is -2.92. The van der Waals surface area contributed by atoms with Gasteiger partial charge in [0.25, 0.3) is 0 Å². The standard InChI is InChI=1S/C13H20N2O4S2/c1-4-19-11(16)13(2,3)10-7-20-12(15-10)14-9-5-6-21(17,18)8-9/h7,9H,4-6,8H2,1-3H3,(H,14,15). The molecule has 0 radical (unpaired) electrons. The Morgan fingerprint density at radius 1 is 1.57 bits per heavy atom. The molecule has 1 atom stereocenters. The van der Waals surface area contributed by atoms with Gasteiger partial charge in [0.15, 0.2) is 15.0 Å². The molecule has 118 valence electrons. The molecule has 2 heterocycles. The highest BCUT2D eigenvalue weighted by Gasteiger charge is 2.34. The Morgan fingerprint density at radius 2 is 2.29 bits per heavy atom. The monoisotopic (exact) mass is 332 g/mol. The molecule has 0 aliphatic carbocycles. The second-order valence-electron chi connectivity index (χ2n) is 5.63. The topological polar surface area (TPSA) is 85.4 Å². The molecule has 1 N–H and O–H groups in total. The van der Waals surface area contributed by atoms with E-state index < -0.39 is 15.3 Å². The van der Waals surface area contributed by atoms with Crippen LogP contribution < -0.4 is 5.32 Å². The van der Waals surface area contributed by atoms with Crippen LogP contribution >= 0.6 is 11.3 Å². The average molecular weight is 332 g/mol. The Labute approximate surface area is 128 Å². The summed E-state index contributed by atoms with van der Waals surface area (Å²) in [5.74, 6) is 0.0470. The minimum Gasteiger partial charge on any atom is -0.465 e. The third kappa shape index (κ3) is 3.74. The van der Waals surface area contributed by atoms with E-state index in [-0.39, 0.29) is 23.5 Å². The van der Waals surface area contributed by atoms with Crippen molar-refractivity contribution in [3.8, 4) is 0 Å². The summed E-state index contributed by atoms with van der Waals surface area (Å²) in [5, 5.41) is 5.59. The fourth-order valence-electron chi connectivity index (χ4n) is 2.13. The molecule has 1 fully saturated rings. The molecule has 1 unspecified atom stereocenters. The third-order valence-electron chi connectivity index (χ3n) is 3.49. The Hall–Kier alpha value is -1.15. The van der Waals surface area contributed by atoms with Crippen molar-refractivity contribution in [2.45, 2.75) is 38.6 Å². The summed E-state index contributed by atoms with van der Waals surface area (Å²) in [6.07, 6.45) is 0.596. The van der Waals surface area contributed by atoms with Crippen LogP contribution in [-0.2, 0) is 24.8 Å². The highest BCUT2D eigenvalue weighted by atomic mass is 32.2. The Bertz CT molecular complexity index is 622. The first-order valence-electron chi connectivity index (χ1n) is 6.85. The van der Waals surface area contributed by atoms with Gasteiger partial charge in [-0.1, -0.05) is 0 Å². The van der Waals surface area contributed by atoms with Crippen molar-refractivity contribution < 1.29 is 17.9 Å². The zero-order valence-electron chi connectivity index (χ0n) is 12.4.